The predicted molar refractivity (Wildman–Crippen MR) is 106 cm³/mol. The lowest BCUT2D eigenvalue weighted by Gasteiger charge is -2.14. The highest BCUT2D eigenvalue weighted by molar-refractivity contribution is 5.98. The van der Waals surface area contributed by atoms with Crippen molar-refractivity contribution in [2.24, 2.45) is 0 Å². The van der Waals surface area contributed by atoms with Crippen molar-refractivity contribution in [2.75, 3.05) is 0 Å². The first-order valence-electron chi connectivity index (χ1n) is 9.22. The van der Waals surface area contributed by atoms with E-state index in [9.17, 15) is 14.4 Å². The molecule has 2 N–H and O–H groups in total. The number of carbonyl (C=O) groups is 3. The van der Waals surface area contributed by atoms with Crippen molar-refractivity contribution in [3.8, 4) is 0 Å². The van der Waals surface area contributed by atoms with E-state index in [0.29, 0.717) is 12.1 Å². The number of esters is 1. The van der Waals surface area contributed by atoms with Crippen LogP contribution in [0.2, 0.25) is 0 Å². The molecule has 1 heterocycles. The van der Waals surface area contributed by atoms with Gasteiger partial charge in [0.2, 0.25) is 0 Å². The van der Waals surface area contributed by atoms with Crippen LogP contribution in [0.15, 0.2) is 36.4 Å². The van der Waals surface area contributed by atoms with Crippen molar-refractivity contribution in [3.05, 3.63) is 58.9 Å². The van der Waals surface area contributed by atoms with Gasteiger partial charge in [-0.25, -0.2) is 9.59 Å². The van der Waals surface area contributed by atoms with Crippen LogP contribution >= 0.6 is 0 Å². The van der Waals surface area contributed by atoms with Crippen LogP contribution in [0.4, 0.5) is 4.79 Å². The van der Waals surface area contributed by atoms with Crippen molar-refractivity contribution in [1.29, 1.82) is 0 Å². The number of amides is 3. The van der Waals surface area contributed by atoms with Gasteiger partial charge in [-0.05, 0) is 46.2 Å². The zero-order chi connectivity index (χ0) is 20.8. The van der Waals surface area contributed by atoms with Crippen LogP contribution in [0.3, 0.4) is 0 Å². The second-order valence-corrected chi connectivity index (χ2v) is 7.02. The van der Waals surface area contributed by atoms with Crippen LogP contribution in [-0.4, -0.2) is 34.6 Å². The average molecular weight is 385 g/mol. The third-order valence-corrected chi connectivity index (χ3v) is 4.29. The number of benzene rings is 1. The second kappa shape index (κ2) is 9.21. The topological polar surface area (TPSA) is 89.4 Å². The molecule has 7 nitrogen and oxygen atoms in total. The van der Waals surface area contributed by atoms with Crippen molar-refractivity contribution in [1.82, 2.24) is 15.2 Å². The van der Waals surface area contributed by atoms with E-state index >= 15 is 0 Å². The molecule has 1 aromatic carbocycles. The third-order valence-electron chi connectivity index (χ3n) is 4.29. The highest BCUT2D eigenvalue weighted by Gasteiger charge is 2.24. The molecule has 2 aromatic rings. The van der Waals surface area contributed by atoms with E-state index in [0.717, 1.165) is 17.0 Å². The summed E-state index contributed by atoms with van der Waals surface area (Å²) >= 11 is 0. The minimum absolute atomic E-state index is 0.110. The molecule has 150 valence electrons. The van der Waals surface area contributed by atoms with Gasteiger partial charge in [-0.1, -0.05) is 30.3 Å². The maximum absolute atomic E-state index is 12.5. The normalized spacial score (nSPS) is 11.8. The van der Waals surface area contributed by atoms with Gasteiger partial charge in [-0.15, -0.1) is 0 Å². The molecule has 0 fully saturated rings. The summed E-state index contributed by atoms with van der Waals surface area (Å²) in [6.45, 7) is 9.38. The molecule has 0 radical (unpaired) electrons. The van der Waals surface area contributed by atoms with Gasteiger partial charge in [0.25, 0.3) is 5.91 Å². The zero-order valence-corrected chi connectivity index (χ0v) is 16.9. The van der Waals surface area contributed by atoms with Gasteiger partial charge < -0.3 is 14.6 Å². The molecule has 0 spiro atoms. The summed E-state index contributed by atoms with van der Waals surface area (Å²) in [5.41, 5.74) is 3.20. The van der Waals surface area contributed by atoms with E-state index in [-0.39, 0.29) is 6.04 Å². The maximum atomic E-state index is 12.5. The Bertz CT molecular complexity index is 856. The molecule has 0 aliphatic rings. The first kappa shape index (κ1) is 21.2. The highest BCUT2D eigenvalue weighted by atomic mass is 16.5. The first-order chi connectivity index (χ1) is 13.2. The van der Waals surface area contributed by atoms with Crippen LogP contribution in [0.1, 0.15) is 48.1 Å². The zero-order valence-electron chi connectivity index (χ0n) is 16.9. The molecule has 0 aliphatic heterocycles. The number of aryl methyl sites for hydroxylation is 1. The van der Waals surface area contributed by atoms with Gasteiger partial charge in [0, 0.05) is 24.0 Å². The Kier molecular flexibility index (Phi) is 6.98. The summed E-state index contributed by atoms with van der Waals surface area (Å²) in [7, 11) is 0. The third kappa shape index (κ3) is 5.45. The van der Waals surface area contributed by atoms with E-state index in [1.165, 1.54) is 6.92 Å². The largest absolute Gasteiger partial charge is 0.449 e. The van der Waals surface area contributed by atoms with Crippen LogP contribution < -0.4 is 10.6 Å². The minimum atomic E-state index is -1.09. The number of imide groups is 1. The van der Waals surface area contributed by atoms with E-state index in [1.807, 2.05) is 48.7 Å². The Morgan fingerprint density at radius 1 is 1.07 bits per heavy atom. The van der Waals surface area contributed by atoms with Crippen molar-refractivity contribution in [3.63, 3.8) is 0 Å². The molecule has 0 aliphatic carbocycles. The van der Waals surface area contributed by atoms with E-state index in [2.05, 4.69) is 10.6 Å². The smallest absolute Gasteiger partial charge is 0.340 e. The van der Waals surface area contributed by atoms with Crippen molar-refractivity contribution in [2.45, 2.75) is 53.3 Å². The molecule has 2 rings (SSSR count). The van der Waals surface area contributed by atoms with Gasteiger partial charge in [0.05, 0.1) is 5.56 Å². The SMILES string of the molecule is Cc1cc(C(=O)O[C@H](C)C(=O)NC(=O)NC(C)C)c(C)n1Cc1ccccc1. The van der Waals surface area contributed by atoms with Crippen molar-refractivity contribution < 1.29 is 19.1 Å². The summed E-state index contributed by atoms with van der Waals surface area (Å²) in [5.74, 6) is -1.27. The predicted octanol–water partition coefficient (Wildman–Crippen LogP) is 2.93. The Morgan fingerprint density at radius 2 is 1.71 bits per heavy atom. The molecule has 0 saturated carbocycles. The monoisotopic (exact) mass is 385 g/mol. The minimum Gasteiger partial charge on any atom is -0.449 e. The van der Waals surface area contributed by atoms with Crippen molar-refractivity contribution >= 4 is 17.9 Å². The molecule has 1 aromatic heterocycles. The number of rotatable bonds is 6. The molecule has 28 heavy (non-hydrogen) atoms. The van der Waals surface area contributed by atoms with Crippen LogP contribution in [0, 0.1) is 13.8 Å². The fourth-order valence-electron chi connectivity index (χ4n) is 2.81. The van der Waals surface area contributed by atoms with Gasteiger partial charge in [-0.3, -0.25) is 10.1 Å². The number of aromatic nitrogens is 1. The molecule has 0 bridgehead atoms. The lowest BCUT2D eigenvalue weighted by atomic mass is 10.2. The van der Waals surface area contributed by atoms with Gasteiger partial charge in [-0.2, -0.15) is 0 Å². The number of urea groups is 1. The van der Waals surface area contributed by atoms with Crippen LogP contribution in [0.25, 0.3) is 0 Å². The molecular weight excluding hydrogens is 358 g/mol. The Balaban J connectivity index is 2.05. The molecule has 0 saturated heterocycles. The summed E-state index contributed by atoms with van der Waals surface area (Å²) in [5, 5.41) is 4.70. The summed E-state index contributed by atoms with van der Waals surface area (Å²) in [4.78, 5) is 36.2. The number of carbonyl (C=O) groups excluding carboxylic acids is 3. The van der Waals surface area contributed by atoms with Gasteiger partial charge in [0.15, 0.2) is 6.10 Å². The Hall–Kier alpha value is -3.09. The van der Waals surface area contributed by atoms with E-state index in [1.54, 1.807) is 19.9 Å². The number of hydrogen-bond acceptors (Lipinski definition) is 4. The fourth-order valence-corrected chi connectivity index (χ4v) is 2.81. The Morgan fingerprint density at radius 3 is 2.32 bits per heavy atom. The van der Waals surface area contributed by atoms with Gasteiger partial charge in [0.1, 0.15) is 0 Å². The molecule has 0 unspecified atom stereocenters. The van der Waals surface area contributed by atoms with E-state index < -0.39 is 24.0 Å². The average Bonchev–Trinajstić information content (AvgIpc) is 2.90. The molecule has 3 amide bonds. The Labute approximate surface area is 165 Å². The maximum Gasteiger partial charge on any atom is 0.340 e. The lowest BCUT2D eigenvalue weighted by Crippen LogP contribution is -2.46. The van der Waals surface area contributed by atoms with E-state index in [4.69, 9.17) is 4.74 Å². The number of nitrogens with one attached hydrogen (secondary N) is 2. The summed E-state index contributed by atoms with van der Waals surface area (Å²) < 4.78 is 7.28. The summed E-state index contributed by atoms with van der Waals surface area (Å²) in [6, 6.07) is 10.9. The first-order valence-corrected chi connectivity index (χ1v) is 9.22. The quantitative estimate of drug-likeness (QED) is 0.748. The second-order valence-electron chi connectivity index (χ2n) is 7.02. The van der Waals surface area contributed by atoms with Crippen LogP contribution in [0.5, 0.6) is 0 Å². The van der Waals surface area contributed by atoms with Gasteiger partial charge >= 0.3 is 12.0 Å². The number of hydrogen-bond donors (Lipinski definition) is 2. The molecule has 7 heteroatoms. The number of nitrogens with zero attached hydrogens (tertiary/aromatic N) is 1. The highest BCUT2D eigenvalue weighted by Crippen LogP contribution is 2.18. The fraction of sp³-hybridized carbons (Fsp3) is 0.381. The molecule has 1 atom stereocenters. The van der Waals surface area contributed by atoms with Crippen LogP contribution in [-0.2, 0) is 16.1 Å². The lowest BCUT2D eigenvalue weighted by molar-refractivity contribution is -0.127. The standard InChI is InChI=1S/C21H27N3O4/c1-13(2)22-21(27)23-19(25)16(5)28-20(26)18-11-14(3)24(15(18)4)12-17-9-7-6-8-10-17/h6-11,13,16H,12H2,1-5H3,(H2,22,23,25,27)/t16-/m1/s1. The summed E-state index contributed by atoms with van der Waals surface area (Å²) in [6.07, 6.45) is -1.09. The molecular formula is C21H27N3O4. The number of ether oxygens (including phenoxy) is 1.